The number of nitriles is 3. The molecule has 4 atom stereocenters. The Hall–Kier alpha value is -2.40. The molecule has 0 spiro atoms. The van der Waals surface area contributed by atoms with Gasteiger partial charge in [0.15, 0.2) is 5.41 Å². The maximum atomic E-state index is 10.1. The van der Waals surface area contributed by atoms with Gasteiger partial charge in [0.2, 0.25) is 17.1 Å². The van der Waals surface area contributed by atoms with Crippen molar-refractivity contribution >= 4 is 17.2 Å². The highest BCUT2D eigenvalue weighted by Gasteiger charge is 2.80. The number of ether oxygens (including phenoxy) is 2. The van der Waals surface area contributed by atoms with E-state index in [2.05, 4.69) is 18.2 Å². The molecule has 1 saturated carbocycles. The Labute approximate surface area is 143 Å². The molecule has 3 aliphatic rings. The minimum absolute atomic E-state index is 0.293. The van der Waals surface area contributed by atoms with Crippen LogP contribution in [0.25, 0.3) is 0 Å². The van der Waals surface area contributed by atoms with Crippen molar-refractivity contribution in [3.8, 4) is 18.2 Å². The van der Waals surface area contributed by atoms with Gasteiger partial charge in [0.05, 0.1) is 24.1 Å². The van der Waals surface area contributed by atoms with E-state index in [4.69, 9.17) is 14.9 Å². The van der Waals surface area contributed by atoms with E-state index in [1.54, 1.807) is 6.07 Å². The standard InChI is InChI=1S/C17H14N4O2S/c18-8-15(9-19)13(11-4-3-7-24-11)22-17-6-2-1-5-12(17)16(15,10-20)14(21)23-17/h3-4,7,12-13,21H,1-2,5-6H2/t12-,13-,16+,17+/m0/s1. The van der Waals surface area contributed by atoms with Crippen LogP contribution in [0.4, 0.5) is 0 Å². The van der Waals surface area contributed by atoms with E-state index in [0.717, 1.165) is 12.8 Å². The number of thiophene rings is 1. The Morgan fingerprint density at radius 3 is 2.62 bits per heavy atom. The quantitative estimate of drug-likeness (QED) is 0.844. The molecular weight excluding hydrogens is 324 g/mol. The summed E-state index contributed by atoms with van der Waals surface area (Å²) in [5.74, 6) is -1.83. The average molecular weight is 338 g/mol. The molecule has 2 saturated heterocycles. The fraction of sp³-hybridized carbons (Fsp3) is 0.529. The Morgan fingerprint density at radius 2 is 2.00 bits per heavy atom. The van der Waals surface area contributed by atoms with Gasteiger partial charge in [-0.1, -0.05) is 12.5 Å². The van der Waals surface area contributed by atoms with Gasteiger partial charge in [-0.3, -0.25) is 5.41 Å². The Balaban J connectivity index is 2.02. The van der Waals surface area contributed by atoms with Gasteiger partial charge in [-0.25, -0.2) is 0 Å². The first kappa shape index (κ1) is 15.1. The largest absolute Gasteiger partial charge is 0.447 e. The minimum atomic E-state index is -1.80. The molecule has 2 aliphatic heterocycles. The second-order valence-electron chi connectivity index (χ2n) is 6.51. The summed E-state index contributed by atoms with van der Waals surface area (Å²) in [6, 6.07) is 9.91. The van der Waals surface area contributed by atoms with E-state index in [9.17, 15) is 15.8 Å². The van der Waals surface area contributed by atoms with E-state index in [-0.39, 0.29) is 5.90 Å². The lowest BCUT2D eigenvalue weighted by Crippen LogP contribution is -2.60. The monoisotopic (exact) mass is 338 g/mol. The highest BCUT2D eigenvalue weighted by Crippen LogP contribution is 2.69. The molecule has 1 aromatic heterocycles. The van der Waals surface area contributed by atoms with Crippen LogP contribution in [0, 0.1) is 56.2 Å². The maximum absolute atomic E-state index is 10.1. The third-order valence-electron chi connectivity index (χ3n) is 5.62. The van der Waals surface area contributed by atoms with Crippen molar-refractivity contribution < 1.29 is 9.47 Å². The van der Waals surface area contributed by atoms with E-state index in [0.29, 0.717) is 17.7 Å². The molecule has 24 heavy (non-hydrogen) atoms. The summed E-state index contributed by atoms with van der Waals surface area (Å²) >= 11 is 1.38. The van der Waals surface area contributed by atoms with Crippen LogP contribution in [-0.2, 0) is 9.47 Å². The fourth-order valence-corrected chi connectivity index (χ4v) is 5.37. The van der Waals surface area contributed by atoms with Gasteiger partial charge in [0, 0.05) is 11.3 Å². The van der Waals surface area contributed by atoms with E-state index < -0.39 is 28.6 Å². The molecule has 3 heterocycles. The molecule has 6 nitrogen and oxygen atoms in total. The predicted molar refractivity (Wildman–Crippen MR) is 83.4 cm³/mol. The van der Waals surface area contributed by atoms with Crippen molar-refractivity contribution in [1.82, 2.24) is 0 Å². The molecule has 0 unspecified atom stereocenters. The highest BCUT2D eigenvalue weighted by molar-refractivity contribution is 7.10. The number of hydrogen-bond acceptors (Lipinski definition) is 7. The third kappa shape index (κ3) is 1.44. The molecule has 2 bridgehead atoms. The van der Waals surface area contributed by atoms with Crippen LogP contribution in [0.15, 0.2) is 17.5 Å². The van der Waals surface area contributed by atoms with Crippen molar-refractivity contribution in [2.24, 2.45) is 16.7 Å². The summed E-state index contributed by atoms with van der Waals surface area (Å²) < 4.78 is 12.1. The first-order valence-electron chi connectivity index (χ1n) is 7.83. The number of hydrogen-bond donors (Lipinski definition) is 1. The molecule has 3 fully saturated rings. The molecule has 7 heteroatoms. The summed E-state index contributed by atoms with van der Waals surface area (Å²) in [7, 11) is 0. The Morgan fingerprint density at radius 1 is 1.21 bits per heavy atom. The number of nitrogens with zero attached hydrogens (tertiary/aromatic N) is 3. The van der Waals surface area contributed by atoms with Gasteiger partial charge in [0.1, 0.15) is 6.10 Å². The summed E-state index contributed by atoms with van der Waals surface area (Å²) in [6.45, 7) is 0. The zero-order chi connectivity index (χ0) is 17.0. The van der Waals surface area contributed by atoms with Crippen molar-refractivity contribution in [2.75, 3.05) is 0 Å². The highest BCUT2D eigenvalue weighted by atomic mass is 32.1. The third-order valence-corrected chi connectivity index (χ3v) is 6.53. The van der Waals surface area contributed by atoms with Crippen molar-refractivity contribution in [2.45, 2.75) is 37.6 Å². The van der Waals surface area contributed by atoms with Crippen LogP contribution >= 0.6 is 11.3 Å². The average Bonchev–Trinajstić information content (AvgIpc) is 3.19. The van der Waals surface area contributed by atoms with Crippen LogP contribution in [0.3, 0.4) is 0 Å². The number of rotatable bonds is 1. The van der Waals surface area contributed by atoms with Gasteiger partial charge < -0.3 is 9.47 Å². The van der Waals surface area contributed by atoms with Crippen LogP contribution in [-0.4, -0.2) is 11.7 Å². The number of nitrogens with one attached hydrogen (secondary N) is 1. The van der Waals surface area contributed by atoms with Crippen molar-refractivity contribution in [1.29, 1.82) is 21.2 Å². The van der Waals surface area contributed by atoms with E-state index >= 15 is 0 Å². The molecule has 0 radical (unpaired) electrons. The van der Waals surface area contributed by atoms with Crippen molar-refractivity contribution in [3.05, 3.63) is 22.4 Å². The van der Waals surface area contributed by atoms with E-state index in [1.807, 2.05) is 11.4 Å². The van der Waals surface area contributed by atoms with Crippen LogP contribution in [0.1, 0.15) is 36.7 Å². The van der Waals surface area contributed by atoms with Gasteiger partial charge in [-0.15, -0.1) is 11.3 Å². The summed E-state index contributed by atoms with van der Waals surface area (Å²) in [5.41, 5.74) is -3.39. The molecular formula is C17H14N4O2S. The lowest BCUT2D eigenvalue weighted by Gasteiger charge is -2.51. The topological polar surface area (TPSA) is 114 Å². The molecule has 1 N–H and O–H groups in total. The molecule has 0 aromatic carbocycles. The van der Waals surface area contributed by atoms with Crippen LogP contribution in [0.2, 0.25) is 0 Å². The normalized spacial score (nSPS) is 39.0. The van der Waals surface area contributed by atoms with Crippen LogP contribution in [0.5, 0.6) is 0 Å². The zero-order valence-corrected chi connectivity index (χ0v) is 13.6. The molecule has 4 rings (SSSR count). The van der Waals surface area contributed by atoms with Crippen LogP contribution < -0.4 is 0 Å². The minimum Gasteiger partial charge on any atom is -0.447 e. The predicted octanol–water partition coefficient (Wildman–Crippen LogP) is 3.26. The van der Waals surface area contributed by atoms with Crippen molar-refractivity contribution in [3.63, 3.8) is 0 Å². The summed E-state index contributed by atoms with van der Waals surface area (Å²) in [4.78, 5) is 0.708. The SMILES string of the molecule is N#CC1(C#N)[C@H](c2cccs2)O[C@@]23CCCC[C@H]2[C@]1(C#N)C(=N)O3. The lowest BCUT2D eigenvalue weighted by molar-refractivity contribution is -0.293. The zero-order valence-electron chi connectivity index (χ0n) is 12.8. The van der Waals surface area contributed by atoms with Gasteiger partial charge >= 0.3 is 0 Å². The molecule has 1 aromatic rings. The van der Waals surface area contributed by atoms with Gasteiger partial charge in [-0.2, -0.15) is 15.8 Å². The first-order chi connectivity index (χ1) is 11.6. The Bertz CT molecular complexity index is 816. The lowest BCUT2D eigenvalue weighted by atomic mass is 9.52. The van der Waals surface area contributed by atoms with E-state index in [1.165, 1.54) is 11.3 Å². The molecule has 0 amide bonds. The Kier molecular flexibility index (Phi) is 3.03. The summed E-state index contributed by atoms with van der Waals surface area (Å²) in [5, 5.41) is 40.2. The maximum Gasteiger partial charge on any atom is 0.217 e. The van der Waals surface area contributed by atoms with Gasteiger partial charge in [-0.05, 0) is 24.3 Å². The fourth-order valence-electron chi connectivity index (χ4n) is 4.56. The smallest absolute Gasteiger partial charge is 0.217 e. The molecule has 1 aliphatic carbocycles. The molecule has 120 valence electrons. The summed E-state index contributed by atoms with van der Waals surface area (Å²) in [6.07, 6.45) is 2.02. The second-order valence-corrected chi connectivity index (χ2v) is 7.49. The first-order valence-corrected chi connectivity index (χ1v) is 8.71. The van der Waals surface area contributed by atoms with Gasteiger partial charge in [0.25, 0.3) is 0 Å². The second kappa shape index (κ2) is 4.80.